The summed E-state index contributed by atoms with van der Waals surface area (Å²) in [5, 5.41) is 11.9. The molecule has 1 saturated heterocycles. The van der Waals surface area contributed by atoms with Crippen molar-refractivity contribution in [1.82, 2.24) is 10.2 Å². The molecule has 3 amide bonds. The number of nitrogens with two attached hydrogens (primary N) is 1. The first-order valence-corrected chi connectivity index (χ1v) is 6.81. The molecule has 1 atom stereocenters. The van der Waals surface area contributed by atoms with Gasteiger partial charge in [0.05, 0.1) is 5.41 Å². The summed E-state index contributed by atoms with van der Waals surface area (Å²) in [4.78, 5) is 36.4. The van der Waals surface area contributed by atoms with Crippen molar-refractivity contribution in [2.75, 3.05) is 13.1 Å². The fourth-order valence-corrected chi connectivity index (χ4v) is 2.40. The second-order valence-electron chi connectivity index (χ2n) is 5.62. The number of hydrogen-bond donors (Lipinski definition) is 3. The van der Waals surface area contributed by atoms with Gasteiger partial charge in [0, 0.05) is 13.1 Å². The summed E-state index contributed by atoms with van der Waals surface area (Å²) < 4.78 is 0. The molecule has 0 saturated carbocycles. The van der Waals surface area contributed by atoms with Crippen molar-refractivity contribution >= 4 is 17.9 Å². The number of rotatable bonds is 5. The fraction of sp³-hybridized carbons (Fsp3) is 0.769. The lowest BCUT2D eigenvalue weighted by molar-refractivity contribution is -0.144. The molecule has 20 heavy (non-hydrogen) atoms. The molecule has 7 nitrogen and oxygen atoms in total. The molecule has 1 aliphatic heterocycles. The van der Waals surface area contributed by atoms with Crippen molar-refractivity contribution in [3.05, 3.63) is 0 Å². The predicted molar refractivity (Wildman–Crippen MR) is 73.0 cm³/mol. The lowest BCUT2D eigenvalue weighted by atomic mass is 9.89. The number of amides is 3. The topological polar surface area (TPSA) is 113 Å². The minimum Gasteiger partial charge on any atom is -0.480 e. The number of primary amides is 1. The van der Waals surface area contributed by atoms with Crippen LogP contribution in [0.25, 0.3) is 0 Å². The third-order valence-corrected chi connectivity index (χ3v) is 4.32. The Balaban J connectivity index is 2.78. The Hall–Kier alpha value is -1.79. The lowest BCUT2D eigenvalue weighted by Crippen LogP contribution is -2.57. The summed E-state index contributed by atoms with van der Waals surface area (Å²) in [6.07, 6.45) is 1.09. The molecular formula is C13H23N3O4. The molecule has 0 aliphatic carbocycles. The highest BCUT2D eigenvalue weighted by Gasteiger charge is 2.43. The van der Waals surface area contributed by atoms with E-state index in [2.05, 4.69) is 5.32 Å². The smallest absolute Gasteiger partial charge is 0.329 e. The molecule has 0 spiro atoms. The molecule has 4 N–H and O–H groups in total. The van der Waals surface area contributed by atoms with Crippen LogP contribution in [-0.2, 0) is 9.59 Å². The van der Waals surface area contributed by atoms with Gasteiger partial charge in [-0.05, 0) is 26.2 Å². The van der Waals surface area contributed by atoms with Crippen LogP contribution in [0, 0.1) is 5.41 Å². The Bertz CT molecular complexity index is 420. The van der Waals surface area contributed by atoms with E-state index >= 15 is 0 Å². The van der Waals surface area contributed by atoms with E-state index in [1.54, 1.807) is 20.8 Å². The normalized spacial score (nSPS) is 22.6. The number of nitrogens with one attached hydrogen (secondary N) is 1. The number of carboxylic acids is 1. The van der Waals surface area contributed by atoms with Gasteiger partial charge in [-0.1, -0.05) is 13.8 Å². The van der Waals surface area contributed by atoms with Crippen molar-refractivity contribution in [3.8, 4) is 0 Å². The fourth-order valence-electron chi connectivity index (χ4n) is 2.40. The van der Waals surface area contributed by atoms with Gasteiger partial charge in [0.25, 0.3) is 0 Å². The highest BCUT2D eigenvalue weighted by molar-refractivity contribution is 5.87. The Morgan fingerprint density at radius 2 is 1.90 bits per heavy atom. The predicted octanol–water partition coefficient (Wildman–Crippen LogP) is 0.537. The van der Waals surface area contributed by atoms with E-state index in [9.17, 15) is 19.5 Å². The Kier molecular flexibility index (Phi) is 4.62. The molecule has 1 unspecified atom stereocenters. The quantitative estimate of drug-likeness (QED) is 0.684. The van der Waals surface area contributed by atoms with Crippen molar-refractivity contribution in [2.24, 2.45) is 11.1 Å². The number of hydrogen-bond acceptors (Lipinski definition) is 3. The molecule has 1 heterocycles. The van der Waals surface area contributed by atoms with E-state index in [4.69, 9.17) is 5.73 Å². The maximum Gasteiger partial charge on any atom is 0.329 e. The van der Waals surface area contributed by atoms with Gasteiger partial charge >= 0.3 is 12.0 Å². The number of nitrogens with zero attached hydrogens (tertiary/aromatic N) is 1. The number of likely N-dealkylation sites (tertiary alicyclic amines) is 1. The third kappa shape index (κ3) is 2.86. The maximum absolute atomic E-state index is 12.2. The average molecular weight is 285 g/mol. The van der Waals surface area contributed by atoms with Gasteiger partial charge in [0.15, 0.2) is 0 Å². The minimum atomic E-state index is -1.26. The molecule has 0 bridgehead atoms. The number of carbonyl (C=O) groups is 3. The second-order valence-corrected chi connectivity index (χ2v) is 5.62. The summed E-state index contributed by atoms with van der Waals surface area (Å²) >= 11 is 0. The molecule has 7 heteroatoms. The molecule has 0 aromatic heterocycles. The van der Waals surface area contributed by atoms with E-state index in [1.807, 2.05) is 0 Å². The largest absolute Gasteiger partial charge is 0.480 e. The average Bonchev–Trinajstić information content (AvgIpc) is 2.80. The van der Waals surface area contributed by atoms with Gasteiger partial charge in [-0.3, -0.25) is 4.79 Å². The standard InChI is InChI=1S/C13H23N3O4/c1-4-13(5-2,10(18)19)15-11(20)16-7-6-12(3,8-16)9(14)17/h4-8H2,1-3H3,(H2,14,17)(H,15,20)(H,18,19). The SMILES string of the molecule is CCC(CC)(NC(=O)N1CCC(C)(C(N)=O)C1)C(=O)O. The molecule has 0 aromatic rings. The third-order valence-electron chi connectivity index (χ3n) is 4.32. The first kappa shape index (κ1) is 16.3. The first-order valence-electron chi connectivity index (χ1n) is 6.81. The van der Waals surface area contributed by atoms with Crippen LogP contribution in [0.3, 0.4) is 0 Å². The summed E-state index contributed by atoms with van der Waals surface area (Å²) in [5.74, 6) is -1.49. The van der Waals surface area contributed by atoms with Crippen LogP contribution in [0.5, 0.6) is 0 Å². The molecule has 0 aromatic carbocycles. The Labute approximate surface area is 118 Å². The minimum absolute atomic E-state index is 0.220. The molecule has 1 aliphatic rings. The van der Waals surface area contributed by atoms with Crippen LogP contribution in [0.4, 0.5) is 4.79 Å². The van der Waals surface area contributed by atoms with Crippen LogP contribution >= 0.6 is 0 Å². The summed E-state index contributed by atoms with van der Waals surface area (Å²) in [5.41, 5.74) is 3.34. The molecule has 114 valence electrons. The van der Waals surface area contributed by atoms with Gasteiger partial charge in [-0.25, -0.2) is 9.59 Å². The molecule has 1 rings (SSSR count). The second kappa shape index (κ2) is 5.68. The van der Waals surface area contributed by atoms with Gasteiger partial charge in [0.2, 0.25) is 5.91 Å². The molecular weight excluding hydrogens is 262 g/mol. The van der Waals surface area contributed by atoms with Crippen molar-refractivity contribution in [3.63, 3.8) is 0 Å². The van der Waals surface area contributed by atoms with Gasteiger partial charge in [-0.15, -0.1) is 0 Å². The van der Waals surface area contributed by atoms with E-state index in [1.165, 1.54) is 4.90 Å². The number of carboxylic acid groups (broad SMARTS) is 1. The summed E-state index contributed by atoms with van der Waals surface area (Å²) in [7, 11) is 0. The van der Waals surface area contributed by atoms with E-state index in [0.717, 1.165) is 0 Å². The highest BCUT2D eigenvalue weighted by Crippen LogP contribution is 2.29. The lowest BCUT2D eigenvalue weighted by Gasteiger charge is -2.31. The molecule has 1 fully saturated rings. The van der Waals surface area contributed by atoms with E-state index < -0.39 is 28.9 Å². The van der Waals surface area contributed by atoms with Crippen molar-refractivity contribution in [2.45, 2.75) is 45.6 Å². The van der Waals surface area contributed by atoms with E-state index in [0.29, 0.717) is 25.8 Å². The van der Waals surface area contributed by atoms with Crippen LogP contribution < -0.4 is 11.1 Å². The zero-order valence-corrected chi connectivity index (χ0v) is 12.2. The number of carbonyl (C=O) groups excluding carboxylic acids is 2. The first-order chi connectivity index (χ1) is 9.20. The Morgan fingerprint density at radius 3 is 2.25 bits per heavy atom. The van der Waals surface area contributed by atoms with Crippen molar-refractivity contribution in [1.29, 1.82) is 0 Å². The zero-order valence-electron chi connectivity index (χ0n) is 12.2. The van der Waals surface area contributed by atoms with Gasteiger partial charge < -0.3 is 21.1 Å². The number of urea groups is 1. The van der Waals surface area contributed by atoms with Crippen LogP contribution in [0.15, 0.2) is 0 Å². The highest BCUT2D eigenvalue weighted by atomic mass is 16.4. The molecule has 0 radical (unpaired) electrons. The number of aliphatic carboxylic acids is 1. The van der Waals surface area contributed by atoms with Crippen molar-refractivity contribution < 1.29 is 19.5 Å². The van der Waals surface area contributed by atoms with Crippen LogP contribution in [-0.4, -0.2) is 46.5 Å². The summed E-state index contributed by atoms with van der Waals surface area (Å²) in [6.45, 7) is 5.77. The summed E-state index contributed by atoms with van der Waals surface area (Å²) in [6, 6.07) is -0.457. The maximum atomic E-state index is 12.2. The monoisotopic (exact) mass is 285 g/mol. The van der Waals surface area contributed by atoms with Gasteiger partial charge in [-0.2, -0.15) is 0 Å². The van der Waals surface area contributed by atoms with Gasteiger partial charge in [0.1, 0.15) is 5.54 Å². The van der Waals surface area contributed by atoms with E-state index in [-0.39, 0.29) is 6.54 Å². The Morgan fingerprint density at radius 1 is 1.35 bits per heavy atom. The van der Waals surface area contributed by atoms with Crippen LogP contribution in [0.2, 0.25) is 0 Å². The zero-order chi connectivity index (χ0) is 15.6. The van der Waals surface area contributed by atoms with Crippen LogP contribution in [0.1, 0.15) is 40.0 Å².